The van der Waals surface area contributed by atoms with Crippen LogP contribution >= 0.6 is 11.6 Å². The summed E-state index contributed by atoms with van der Waals surface area (Å²) in [5, 5.41) is 0.609. The number of benzene rings is 1. The Balaban J connectivity index is 1.82. The van der Waals surface area contributed by atoms with Gasteiger partial charge in [-0.2, -0.15) is 0 Å². The summed E-state index contributed by atoms with van der Waals surface area (Å²) in [6.45, 7) is 0.305. The number of rotatable bonds is 2. The van der Waals surface area contributed by atoms with Crippen LogP contribution in [-0.2, 0) is 16.1 Å². The molecule has 1 saturated carbocycles. The first-order valence-electron chi connectivity index (χ1n) is 7.21. The topological polar surface area (TPSA) is 37.4 Å². The number of imide groups is 1. The normalized spacial score (nSPS) is 21.8. The summed E-state index contributed by atoms with van der Waals surface area (Å²) in [6.07, 6.45) is 5.38. The Kier molecular flexibility index (Phi) is 3.55. The van der Waals surface area contributed by atoms with Gasteiger partial charge in [0.25, 0.3) is 0 Å². The van der Waals surface area contributed by atoms with Crippen LogP contribution in [0.3, 0.4) is 0 Å². The maximum atomic E-state index is 12.7. The zero-order chi connectivity index (χ0) is 14.2. The van der Waals surface area contributed by atoms with Crippen molar-refractivity contribution in [1.82, 2.24) is 4.90 Å². The minimum absolute atomic E-state index is 0.0159. The third kappa shape index (κ3) is 2.24. The number of likely N-dealkylation sites (tertiary alicyclic amines) is 1. The molecule has 106 valence electrons. The van der Waals surface area contributed by atoms with E-state index in [0.29, 0.717) is 18.0 Å². The summed E-state index contributed by atoms with van der Waals surface area (Å²) in [6, 6.07) is 7.39. The smallest absolute Gasteiger partial charge is 0.236 e. The van der Waals surface area contributed by atoms with E-state index in [1.165, 1.54) is 11.3 Å². The largest absolute Gasteiger partial charge is 0.278 e. The average molecular weight is 292 g/mol. The van der Waals surface area contributed by atoms with Crippen LogP contribution in [0, 0.1) is 5.41 Å². The molecule has 0 radical (unpaired) electrons. The minimum Gasteiger partial charge on any atom is -0.278 e. The van der Waals surface area contributed by atoms with Gasteiger partial charge in [-0.15, -0.1) is 0 Å². The highest BCUT2D eigenvalue weighted by atomic mass is 35.5. The molecule has 2 aliphatic rings. The summed E-state index contributed by atoms with van der Waals surface area (Å²) < 4.78 is 0. The molecule has 1 aliphatic heterocycles. The second-order valence-electron chi connectivity index (χ2n) is 5.89. The summed E-state index contributed by atoms with van der Waals surface area (Å²) >= 11 is 6.13. The van der Waals surface area contributed by atoms with E-state index < -0.39 is 5.41 Å². The van der Waals surface area contributed by atoms with Gasteiger partial charge in [-0.1, -0.05) is 49.1 Å². The van der Waals surface area contributed by atoms with Gasteiger partial charge in [0.1, 0.15) is 0 Å². The Labute approximate surface area is 123 Å². The van der Waals surface area contributed by atoms with Crippen molar-refractivity contribution in [3.05, 3.63) is 34.9 Å². The third-order valence-electron chi connectivity index (χ3n) is 4.59. The fourth-order valence-electron chi connectivity index (χ4n) is 3.44. The molecule has 1 spiro atoms. The second-order valence-corrected chi connectivity index (χ2v) is 6.30. The first kappa shape index (κ1) is 13.6. The number of nitrogens with zero attached hydrogens (tertiary/aromatic N) is 1. The lowest BCUT2D eigenvalue weighted by molar-refractivity contribution is -0.142. The zero-order valence-corrected chi connectivity index (χ0v) is 12.2. The fraction of sp³-hybridized carbons (Fsp3) is 0.500. The number of hydrogen-bond acceptors (Lipinski definition) is 2. The van der Waals surface area contributed by atoms with Crippen molar-refractivity contribution in [3.8, 4) is 0 Å². The third-order valence-corrected chi connectivity index (χ3v) is 4.96. The molecular weight excluding hydrogens is 274 g/mol. The van der Waals surface area contributed by atoms with E-state index in [2.05, 4.69) is 0 Å². The fourth-order valence-corrected chi connectivity index (χ4v) is 3.63. The number of carbonyl (C=O) groups is 2. The molecule has 0 unspecified atom stereocenters. The van der Waals surface area contributed by atoms with Crippen molar-refractivity contribution in [2.45, 2.75) is 45.1 Å². The highest BCUT2D eigenvalue weighted by Gasteiger charge is 2.51. The van der Waals surface area contributed by atoms with Crippen molar-refractivity contribution in [1.29, 1.82) is 0 Å². The van der Waals surface area contributed by atoms with Crippen molar-refractivity contribution < 1.29 is 9.59 Å². The van der Waals surface area contributed by atoms with Gasteiger partial charge in [-0.05, 0) is 24.5 Å². The molecule has 0 aromatic heterocycles. The van der Waals surface area contributed by atoms with E-state index in [0.717, 1.165) is 31.2 Å². The molecule has 1 saturated heterocycles. The number of amides is 2. The predicted molar refractivity (Wildman–Crippen MR) is 77.1 cm³/mol. The van der Waals surface area contributed by atoms with Gasteiger partial charge in [0.15, 0.2) is 0 Å². The Bertz CT molecular complexity index is 549. The van der Waals surface area contributed by atoms with Crippen LogP contribution in [-0.4, -0.2) is 16.7 Å². The van der Waals surface area contributed by atoms with Gasteiger partial charge < -0.3 is 0 Å². The van der Waals surface area contributed by atoms with Gasteiger partial charge in [0.2, 0.25) is 11.8 Å². The highest BCUT2D eigenvalue weighted by molar-refractivity contribution is 6.31. The summed E-state index contributed by atoms with van der Waals surface area (Å²) in [5.41, 5.74) is 0.431. The maximum absolute atomic E-state index is 12.7. The van der Waals surface area contributed by atoms with Crippen molar-refractivity contribution in [3.63, 3.8) is 0 Å². The van der Waals surface area contributed by atoms with E-state index >= 15 is 0 Å². The monoisotopic (exact) mass is 291 g/mol. The molecule has 0 N–H and O–H groups in total. The van der Waals surface area contributed by atoms with Crippen LogP contribution in [0.2, 0.25) is 5.02 Å². The molecule has 2 amide bonds. The van der Waals surface area contributed by atoms with Crippen LogP contribution in [0.5, 0.6) is 0 Å². The Morgan fingerprint density at radius 1 is 1.10 bits per heavy atom. The minimum atomic E-state index is -0.406. The van der Waals surface area contributed by atoms with Crippen molar-refractivity contribution in [2.75, 3.05) is 0 Å². The quantitative estimate of drug-likeness (QED) is 0.782. The van der Waals surface area contributed by atoms with E-state index in [9.17, 15) is 9.59 Å². The molecule has 0 atom stereocenters. The predicted octanol–water partition coefficient (Wildman–Crippen LogP) is 3.55. The molecule has 4 heteroatoms. The van der Waals surface area contributed by atoms with Gasteiger partial charge in [-0.3, -0.25) is 14.5 Å². The average Bonchev–Trinajstić information content (AvgIpc) is 2.66. The van der Waals surface area contributed by atoms with E-state index in [4.69, 9.17) is 11.6 Å². The Morgan fingerprint density at radius 3 is 2.50 bits per heavy atom. The lowest BCUT2D eigenvalue weighted by Gasteiger charge is -2.30. The number of carbonyl (C=O) groups excluding carboxylic acids is 2. The lowest BCUT2D eigenvalue weighted by atomic mass is 9.73. The van der Waals surface area contributed by atoms with Gasteiger partial charge in [0.05, 0.1) is 12.0 Å². The maximum Gasteiger partial charge on any atom is 0.236 e. The first-order chi connectivity index (χ1) is 9.62. The van der Waals surface area contributed by atoms with Gasteiger partial charge in [-0.25, -0.2) is 0 Å². The molecule has 3 nitrogen and oxygen atoms in total. The molecule has 1 heterocycles. The SMILES string of the molecule is O=C1CC2(CCCCC2)C(=O)N1Cc1ccccc1Cl. The summed E-state index contributed by atoms with van der Waals surface area (Å²) in [7, 11) is 0. The van der Waals surface area contributed by atoms with Crippen molar-refractivity contribution >= 4 is 23.4 Å². The second kappa shape index (κ2) is 5.21. The summed E-state index contributed by atoms with van der Waals surface area (Å²) in [5.74, 6) is -0.0288. The highest BCUT2D eigenvalue weighted by Crippen LogP contribution is 2.45. The Morgan fingerprint density at radius 2 is 1.80 bits per heavy atom. The number of halogens is 1. The van der Waals surface area contributed by atoms with Crippen LogP contribution < -0.4 is 0 Å². The van der Waals surface area contributed by atoms with E-state index in [1.54, 1.807) is 6.07 Å². The van der Waals surface area contributed by atoms with Crippen LogP contribution in [0.15, 0.2) is 24.3 Å². The molecule has 0 bridgehead atoms. The molecule has 1 aromatic carbocycles. The van der Waals surface area contributed by atoms with Crippen LogP contribution in [0.4, 0.5) is 0 Å². The zero-order valence-electron chi connectivity index (χ0n) is 11.4. The standard InChI is InChI=1S/C16H18ClNO2/c17-13-7-3-2-6-12(13)11-18-14(19)10-16(15(18)20)8-4-1-5-9-16/h2-3,6-7H,1,4-5,8-11H2. The molecular formula is C16H18ClNO2. The van der Waals surface area contributed by atoms with Crippen molar-refractivity contribution in [2.24, 2.45) is 5.41 Å². The molecule has 1 aromatic rings. The van der Waals surface area contributed by atoms with Crippen LogP contribution in [0.1, 0.15) is 44.1 Å². The molecule has 2 fully saturated rings. The van der Waals surface area contributed by atoms with Crippen LogP contribution in [0.25, 0.3) is 0 Å². The van der Waals surface area contributed by atoms with Gasteiger partial charge >= 0.3 is 0 Å². The Hall–Kier alpha value is -1.35. The molecule has 3 rings (SSSR count). The molecule has 20 heavy (non-hydrogen) atoms. The van der Waals surface area contributed by atoms with E-state index in [-0.39, 0.29) is 11.8 Å². The van der Waals surface area contributed by atoms with E-state index in [1.807, 2.05) is 18.2 Å². The lowest BCUT2D eigenvalue weighted by Crippen LogP contribution is -2.36. The first-order valence-corrected chi connectivity index (χ1v) is 7.58. The molecule has 1 aliphatic carbocycles. The summed E-state index contributed by atoms with van der Waals surface area (Å²) in [4.78, 5) is 26.3. The van der Waals surface area contributed by atoms with Gasteiger partial charge in [0, 0.05) is 11.4 Å². The number of hydrogen-bond donors (Lipinski definition) is 0.